The zero-order valence-electron chi connectivity index (χ0n) is 9.24. The minimum absolute atomic E-state index is 0.258. The fourth-order valence-electron chi connectivity index (χ4n) is 2.07. The summed E-state index contributed by atoms with van der Waals surface area (Å²) in [4.78, 5) is 0. The molecule has 0 saturated carbocycles. The predicted octanol–water partition coefficient (Wildman–Crippen LogP) is 1.72. The van der Waals surface area contributed by atoms with Gasteiger partial charge in [-0.2, -0.15) is 0 Å². The molecule has 0 amide bonds. The number of anilines is 1. The van der Waals surface area contributed by atoms with Gasteiger partial charge in [-0.15, -0.1) is 0 Å². The molecule has 0 aliphatic heterocycles. The molecule has 16 heavy (non-hydrogen) atoms. The summed E-state index contributed by atoms with van der Waals surface area (Å²) in [5, 5.41) is 14.6. The van der Waals surface area contributed by atoms with Crippen molar-refractivity contribution in [1.82, 2.24) is 0 Å². The largest absolute Gasteiger partial charge is 0.409 e. The van der Waals surface area contributed by atoms with E-state index in [0.717, 1.165) is 5.69 Å². The summed E-state index contributed by atoms with van der Waals surface area (Å²) in [6.45, 7) is 0.689. The monoisotopic (exact) mass is 219 g/mol. The SMILES string of the molecule is NC(CCNc1ccc2c(c1)CCC2)=NO. The second-order valence-corrected chi connectivity index (χ2v) is 4.11. The zero-order chi connectivity index (χ0) is 11.4. The van der Waals surface area contributed by atoms with Gasteiger partial charge in [0.25, 0.3) is 0 Å². The van der Waals surface area contributed by atoms with Crippen molar-refractivity contribution >= 4 is 11.5 Å². The van der Waals surface area contributed by atoms with Gasteiger partial charge in [-0.1, -0.05) is 11.2 Å². The van der Waals surface area contributed by atoms with Gasteiger partial charge >= 0.3 is 0 Å². The van der Waals surface area contributed by atoms with Gasteiger partial charge in [-0.25, -0.2) is 0 Å². The lowest BCUT2D eigenvalue weighted by Crippen LogP contribution is -2.16. The van der Waals surface area contributed by atoms with E-state index in [9.17, 15) is 0 Å². The molecule has 1 aliphatic rings. The number of hydrogen-bond donors (Lipinski definition) is 3. The highest BCUT2D eigenvalue weighted by Crippen LogP contribution is 2.24. The highest BCUT2D eigenvalue weighted by atomic mass is 16.4. The third kappa shape index (κ3) is 2.45. The van der Waals surface area contributed by atoms with Gasteiger partial charge in [0.2, 0.25) is 0 Å². The summed E-state index contributed by atoms with van der Waals surface area (Å²) in [5.74, 6) is 0.258. The maximum Gasteiger partial charge on any atom is 0.140 e. The first-order chi connectivity index (χ1) is 7.79. The normalized spacial score (nSPS) is 14.9. The summed E-state index contributed by atoms with van der Waals surface area (Å²) < 4.78 is 0. The van der Waals surface area contributed by atoms with E-state index >= 15 is 0 Å². The van der Waals surface area contributed by atoms with Crippen molar-refractivity contribution in [1.29, 1.82) is 0 Å². The smallest absolute Gasteiger partial charge is 0.140 e. The Morgan fingerprint density at radius 1 is 1.38 bits per heavy atom. The first-order valence-electron chi connectivity index (χ1n) is 5.61. The highest BCUT2D eigenvalue weighted by molar-refractivity contribution is 5.80. The summed E-state index contributed by atoms with van der Waals surface area (Å²) >= 11 is 0. The van der Waals surface area contributed by atoms with Crippen LogP contribution in [0.1, 0.15) is 24.0 Å². The molecule has 4 nitrogen and oxygen atoms in total. The minimum atomic E-state index is 0.258. The molecule has 0 heterocycles. The van der Waals surface area contributed by atoms with Crippen LogP contribution in [0.2, 0.25) is 0 Å². The van der Waals surface area contributed by atoms with Crippen LogP contribution in [-0.2, 0) is 12.8 Å². The van der Waals surface area contributed by atoms with E-state index in [1.54, 1.807) is 0 Å². The Kier molecular flexibility index (Phi) is 3.29. The van der Waals surface area contributed by atoms with E-state index in [0.29, 0.717) is 13.0 Å². The van der Waals surface area contributed by atoms with Gasteiger partial charge in [0, 0.05) is 18.7 Å². The molecule has 0 spiro atoms. The van der Waals surface area contributed by atoms with Crippen molar-refractivity contribution in [3.05, 3.63) is 29.3 Å². The molecule has 0 saturated heterocycles. The molecular weight excluding hydrogens is 202 g/mol. The molecule has 86 valence electrons. The van der Waals surface area contributed by atoms with E-state index < -0.39 is 0 Å². The maximum atomic E-state index is 8.39. The van der Waals surface area contributed by atoms with Crippen molar-refractivity contribution in [2.75, 3.05) is 11.9 Å². The van der Waals surface area contributed by atoms with Crippen LogP contribution in [0.3, 0.4) is 0 Å². The minimum Gasteiger partial charge on any atom is -0.409 e. The molecule has 1 aromatic carbocycles. The number of amidine groups is 1. The predicted molar refractivity (Wildman–Crippen MR) is 65.0 cm³/mol. The number of nitrogens with one attached hydrogen (secondary N) is 1. The Morgan fingerprint density at radius 3 is 3.00 bits per heavy atom. The Morgan fingerprint density at radius 2 is 2.19 bits per heavy atom. The van der Waals surface area contributed by atoms with Crippen molar-refractivity contribution in [3.63, 3.8) is 0 Å². The van der Waals surface area contributed by atoms with E-state index in [2.05, 4.69) is 28.7 Å². The van der Waals surface area contributed by atoms with Crippen LogP contribution >= 0.6 is 0 Å². The standard InChI is InChI=1S/C12H17N3O/c13-12(15-16)6-7-14-11-5-4-9-2-1-3-10(9)8-11/h4-5,8,14,16H,1-3,6-7H2,(H2,13,15). The van der Waals surface area contributed by atoms with Crippen LogP contribution < -0.4 is 11.1 Å². The zero-order valence-corrected chi connectivity index (χ0v) is 9.24. The summed E-state index contributed by atoms with van der Waals surface area (Å²) in [7, 11) is 0. The van der Waals surface area contributed by atoms with Crippen LogP contribution in [-0.4, -0.2) is 17.6 Å². The lowest BCUT2D eigenvalue weighted by molar-refractivity contribution is 0.317. The molecule has 2 rings (SSSR count). The Balaban J connectivity index is 1.90. The number of aryl methyl sites for hydroxylation is 2. The van der Waals surface area contributed by atoms with Gasteiger partial charge in [-0.3, -0.25) is 0 Å². The van der Waals surface area contributed by atoms with E-state index in [4.69, 9.17) is 10.9 Å². The van der Waals surface area contributed by atoms with Crippen LogP contribution in [0.5, 0.6) is 0 Å². The van der Waals surface area contributed by atoms with Gasteiger partial charge in [0.1, 0.15) is 5.84 Å². The summed E-state index contributed by atoms with van der Waals surface area (Å²) in [6, 6.07) is 6.49. The fourth-order valence-corrected chi connectivity index (χ4v) is 2.07. The van der Waals surface area contributed by atoms with Crippen molar-refractivity contribution in [2.24, 2.45) is 10.9 Å². The number of rotatable bonds is 4. The van der Waals surface area contributed by atoms with E-state index in [1.165, 1.54) is 30.4 Å². The van der Waals surface area contributed by atoms with Crippen LogP contribution in [0.25, 0.3) is 0 Å². The van der Waals surface area contributed by atoms with Crippen LogP contribution in [0.4, 0.5) is 5.69 Å². The first kappa shape index (κ1) is 10.8. The van der Waals surface area contributed by atoms with Crippen LogP contribution in [0.15, 0.2) is 23.4 Å². The average molecular weight is 219 g/mol. The van der Waals surface area contributed by atoms with Crippen LogP contribution in [0, 0.1) is 0 Å². The summed E-state index contributed by atoms with van der Waals surface area (Å²) in [6.07, 6.45) is 4.21. The first-order valence-corrected chi connectivity index (χ1v) is 5.61. The Hall–Kier alpha value is -1.71. The topological polar surface area (TPSA) is 70.6 Å². The maximum absolute atomic E-state index is 8.39. The molecule has 0 atom stereocenters. The lowest BCUT2D eigenvalue weighted by Gasteiger charge is -2.07. The average Bonchev–Trinajstić information content (AvgIpc) is 2.76. The number of hydrogen-bond acceptors (Lipinski definition) is 3. The molecular formula is C12H17N3O. The number of nitrogens with two attached hydrogens (primary N) is 1. The molecule has 0 aromatic heterocycles. The quantitative estimate of drug-likeness (QED) is 0.312. The molecule has 4 heteroatoms. The number of fused-ring (bicyclic) bond motifs is 1. The second kappa shape index (κ2) is 4.88. The number of benzene rings is 1. The van der Waals surface area contributed by atoms with E-state index in [1.807, 2.05) is 0 Å². The molecule has 4 N–H and O–H groups in total. The van der Waals surface area contributed by atoms with Crippen molar-refractivity contribution in [3.8, 4) is 0 Å². The highest BCUT2D eigenvalue weighted by Gasteiger charge is 2.10. The fraction of sp³-hybridized carbons (Fsp3) is 0.417. The van der Waals surface area contributed by atoms with Crippen molar-refractivity contribution < 1.29 is 5.21 Å². The molecule has 1 aliphatic carbocycles. The van der Waals surface area contributed by atoms with Gasteiger partial charge in [0.15, 0.2) is 0 Å². The molecule has 1 aromatic rings. The summed E-state index contributed by atoms with van der Waals surface area (Å²) in [5.41, 5.74) is 9.43. The van der Waals surface area contributed by atoms with Gasteiger partial charge in [-0.05, 0) is 42.5 Å². The third-order valence-electron chi connectivity index (χ3n) is 2.94. The van der Waals surface area contributed by atoms with Gasteiger partial charge < -0.3 is 16.3 Å². The molecule has 0 radical (unpaired) electrons. The Bertz CT molecular complexity index is 401. The molecule has 0 fully saturated rings. The molecule has 0 unspecified atom stereocenters. The second-order valence-electron chi connectivity index (χ2n) is 4.11. The Labute approximate surface area is 95.1 Å². The van der Waals surface area contributed by atoms with E-state index in [-0.39, 0.29) is 5.84 Å². The van der Waals surface area contributed by atoms with Gasteiger partial charge in [0.05, 0.1) is 0 Å². The van der Waals surface area contributed by atoms with Crippen molar-refractivity contribution in [2.45, 2.75) is 25.7 Å². The number of oxime groups is 1. The lowest BCUT2D eigenvalue weighted by atomic mass is 10.1. The molecule has 0 bridgehead atoms. The third-order valence-corrected chi connectivity index (χ3v) is 2.94. The number of nitrogens with zero attached hydrogens (tertiary/aromatic N) is 1.